The van der Waals surface area contributed by atoms with E-state index in [4.69, 9.17) is 0 Å². The molecule has 0 aromatic heterocycles. The minimum atomic E-state index is -0.458. The highest BCUT2D eigenvalue weighted by atomic mass is 32.2. The molecule has 132 valence electrons. The summed E-state index contributed by atoms with van der Waals surface area (Å²) in [6.07, 6.45) is 1.61. The molecule has 1 fully saturated rings. The van der Waals surface area contributed by atoms with Crippen LogP contribution in [-0.2, 0) is 0 Å². The van der Waals surface area contributed by atoms with Crippen LogP contribution in [0.1, 0.15) is 28.8 Å². The van der Waals surface area contributed by atoms with E-state index in [1.165, 1.54) is 16.0 Å². The van der Waals surface area contributed by atoms with Gasteiger partial charge in [-0.05, 0) is 35.1 Å². The van der Waals surface area contributed by atoms with Crippen molar-refractivity contribution in [2.45, 2.75) is 23.1 Å². The summed E-state index contributed by atoms with van der Waals surface area (Å²) in [5.74, 6) is 0. The summed E-state index contributed by atoms with van der Waals surface area (Å²) in [5, 5.41) is 10.9. The normalized spacial score (nSPS) is 20.1. The average Bonchev–Trinajstić information content (AvgIpc) is 3.50. The lowest BCUT2D eigenvalue weighted by atomic mass is 9.98. The van der Waals surface area contributed by atoms with Gasteiger partial charge >= 0.3 is 0 Å². The number of hydrogen-bond acceptors (Lipinski definition) is 3. The Morgan fingerprint density at radius 3 is 1.85 bits per heavy atom. The molecule has 0 radical (unpaired) electrons. The van der Waals surface area contributed by atoms with Crippen molar-refractivity contribution >= 4 is 11.8 Å². The van der Waals surface area contributed by atoms with E-state index in [-0.39, 0.29) is 12.1 Å². The van der Waals surface area contributed by atoms with Crippen LogP contribution in [0, 0.1) is 0 Å². The molecule has 3 aromatic carbocycles. The number of hydrogen-bond donors (Lipinski definition) is 1. The smallest absolute Gasteiger partial charge is 0.0958 e. The van der Waals surface area contributed by atoms with Gasteiger partial charge in [-0.2, -0.15) is 0 Å². The lowest BCUT2D eigenvalue weighted by molar-refractivity contribution is 0.153. The molecule has 1 saturated heterocycles. The molecule has 0 bridgehead atoms. The van der Waals surface area contributed by atoms with Crippen LogP contribution in [0.25, 0.3) is 0 Å². The maximum atomic E-state index is 10.9. The lowest BCUT2D eigenvalue weighted by Crippen LogP contribution is -2.17. The second kappa shape index (κ2) is 7.67. The summed E-state index contributed by atoms with van der Waals surface area (Å²) in [4.78, 5) is 3.61. The summed E-state index contributed by atoms with van der Waals surface area (Å²) < 4.78 is 0. The van der Waals surface area contributed by atoms with Gasteiger partial charge in [-0.15, -0.1) is 11.8 Å². The molecule has 0 aliphatic carbocycles. The van der Waals surface area contributed by atoms with Crippen LogP contribution in [0.3, 0.4) is 0 Å². The fourth-order valence-corrected chi connectivity index (χ4v) is 4.02. The predicted octanol–water partition coefficient (Wildman–Crippen LogP) is 4.92. The second-order valence-electron chi connectivity index (χ2n) is 6.71. The van der Waals surface area contributed by atoms with Gasteiger partial charge in [0.2, 0.25) is 0 Å². The Balaban J connectivity index is 1.58. The Hall–Kier alpha value is -2.07. The maximum absolute atomic E-state index is 10.9. The molecule has 26 heavy (non-hydrogen) atoms. The molecule has 0 spiro atoms. The Morgan fingerprint density at radius 2 is 1.35 bits per heavy atom. The topological polar surface area (TPSA) is 23.2 Å². The van der Waals surface area contributed by atoms with Gasteiger partial charge in [0.05, 0.1) is 18.2 Å². The van der Waals surface area contributed by atoms with E-state index < -0.39 is 6.10 Å². The van der Waals surface area contributed by atoms with Crippen molar-refractivity contribution in [1.29, 1.82) is 0 Å². The zero-order valence-electron chi connectivity index (χ0n) is 14.8. The molecule has 0 amide bonds. The van der Waals surface area contributed by atoms with Crippen molar-refractivity contribution in [1.82, 2.24) is 4.90 Å². The van der Waals surface area contributed by atoms with Gasteiger partial charge in [0.15, 0.2) is 0 Å². The molecule has 1 aliphatic heterocycles. The third kappa shape index (κ3) is 3.56. The first-order valence-electron chi connectivity index (χ1n) is 8.95. The molecule has 4 rings (SSSR count). The van der Waals surface area contributed by atoms with E-state index in [1.54, 1.807) is 11.8 Å². The fourth-order valence-electron chi connectivity index (χ4n) is 3.62. The maximum Gasteiger partial charge on any atom is 0.0958 e. The molecule has 3 atom stereocenters. The third-order valence-corrected chi connectivity index (χ3v) is 5.82. The van der Waals surface area contributed by atoms with Gasteiger partial charge in [-0.1, -0.05) is 72.8 Å². The standard InChI is InChI=1S/C23H23NOS/c1-26-20-14-12-19(13-15-20)23(25)21-16-24(21)22(17-8-4-2-5-9-17)18-10-6-3-7-11-18/h2-15,21-23,25H,16H2,1H3/t21?,23-,24?/m1/s1. The van der Waals surface area contributed by atoms with Crippen LogP contribution in [-0.4, -0.2) is 28.8 Å². The van der Waals surface area contributed by atoms with E-state index in [0.29, 0.717) is 0 Å². The van der Waals surface area contributed by atoms with Gasteiger partial charge in [0.1, 0.15) is 0 Å². The summed E-state index contributed by atoms with van der Waals surface area (Å²) in [7, 11) is 0. The highest BCUT2D eigenvalue weighted by Crippen LogP contribution is 2.42. The van der Waals surface area contributed by atoms with Gasteiger partial charge in [0.25, 0.3) is 0 Å². The highest BCUT2D eigenvalue weighted by Gasteiger charge is 2.45. The van der Waals surface area contributed by atoms with Crippen LogP contribution in [0.5, 0.6) is 0 Å². The van der Waals surface area contributed by atoms with E-state index >= 15 is 0 Å². The van der Waals surface area contributed by atoms with Crippen molar-refractivity contribution in [3.63, 3.8) is 0 Å². The molecular formula is C23H23NOS. The van der Waals surface area contributed by atoms with Crippen molar-refractivity contribution in [3.05, 3.63) is 102 Å². The number of benzene rings is 3. The van der Waals surface area contributed by atoms with E-state index in [1.807, 2.05) is 24.3 Å². The van der Waals surface area contributed by atoms with Crippen LogP contribution < -0.4 is 0 Å². The average molecular weight is 362 g/mol. The van der Waals surface area contributed by atoms with Crippen molar-refractivity contribution in [3.8, 4) is 0 Å². The number of aliphatic hydroxyl groups excluding tert-OH is 1. The van der Waals surface area contributed by atoms with E-state index in [9.17, 15) is 5.11 Å². The minimum Gasteiger partial charge on any atom is -0.387 e. The van der Waals surface area contributed by atoms with Gasteiger partial charge in [-0.3, -0.25) is 4.90 Å². The third-order valence-electron chi connectivity index (χ3n) is 5.07. The largest absolute Gasteiger partial charge is 0.387 e. The zero-order valence-corrected chi connectivity index (χ0v) is 15.6. The summed E-state index contributed by atoms with van der Waals surface area (Å²) in [6, 6.07) is 29.7. The Kier molecular flexibility index (Phi) is 5.11. The number of nitrogens with zero attached hydrogens (tertiary/aromatic N) is 1. The van der Waals surface area contributed by atoms with Crippen LogP contribution in [0.4, 0.5) is 0 Å². The monoisotopic (exact) mass is 361 g/mol. The molecule has 2 nitrogen and oxygen atoms in total. The predicted molar refractivity (Wildman–Crippen MR) is 108 cm³/mol. The minimum absolute atomic E-state index is 0.153. The van der Waals surface area contributed by atoms with Crippen molar-refractivity contribution < 1.29 is 5.11 Å². The SMILES string of the molecule is CSc1ccc([C@@H](O)C2CN2C(c2ccccc2)c2ccccc2)cc1. The summed E-state index contributed by atoms with van der Waals surface area (Å²) in [6.45, 7) is 0.903. The van der Waals surface area contributed by atoms with Gasteiger partial charge in [-0.25, -0.2) is 0 Å². The molecule has 1 heterocycles. The summed E-state index contributed by atoms with van der Waals surface area (Å²) >= 11 is 1.72. The molecular weight excluding hydrogens is 338 g/mol. The molecule has 1 aliphatic rings. The van der Waals surface area contributed by atoms with Crippen molar-refractivity contribution in [2.24, 2.45) is 0 Å². The summed E-state index contributed by atoms with van der Waals surface area (Å²) in [5.41, 5.74) is 3.53. The van der Waals surface area contributed by atoms with Crippen molar-refractivity contribution in [2.75, 3.05) is 12.8 Å². The Labute approximate surface area is 159 Å². The van der Waals surface area contributed by atoms with Gasteiger partial charge in [0, 0.05) is 11.4 Å². The van der Waals surface area contributed by atoms with Crippen LogP contribution in [0.15, 0.2) is 89.8 Å². The van der Waals surface area contributed by atoms with Crippen LogP contribution >= 0.6 is 11.8 Å². The first kappa shape index (κ1) is 17.3. The quantitative estimate of drug-likeness (QED) is 0.498. The second-order valence-corrected chi connectivity index (χ2v) is 7.59. The fraction of sp³-hybridized carbons (Fsp3) is 0.217. The molecule has 2 unspecified atom stereocenters. The Morgan fingerprint density at radius 1 is 0.808 bits per heavy atom. The Bertz CT molecular complexity index is 796. The first-order chi connectivity index (χ1) is 12.8. The number of rotatable bonds is 6. The van der Waals surface area contributed by atoms with Gasteiger partial charge < -0.3 is 5.11 Å². The number of aliphatic hydroxyl groups is 1. The molecule has 0 saturated carbocycles. The highest BCUT2D eigenvalue weighted by molar-refractivity contribution is 7.98. The first-order valence-corrected chi connectivity index (χ1v) is 10.2. The lowest BCUT2D eigenvalue weighted by Gasteiger charge is -2.22. The van der Waals surface area contributed by atoms with E-state index in [0.717, 1.165) is 12.1 Å². The number of thioether (sulfide) groups is 1. The molecule has 3 aromatic rings. The molecule has 3 heteroatoms. The van der Waals surface area contributed by atoms with E-state index in [2.05, 4.69) is 71.8 Å². The molecule has 1 N–H and O–H groups in total. The zero-order chi connectivity index (χ0) is 17.9. The van der Waals surface area contributed by atoms with Crippen LogP contribution in [0.2, 0.25) is 0 Å².